The van der Waals surface area contributed by atoms with E-state index in [0.717, 1.165) is 0 Å². The van der Waals surface area contributed by atoms with E-state index in [1.807, 2.05) is 0 Å². The van der Waals surface area contributed by atoms with E-state index in [1.165, 1.54) is 6.92 Å². The van der Waals surface area contributed by atoms with E-state index in [2.05, 4.69) is 15.0 Å². The van der Waals surface area contributed by atoms with E-state index < -0.39 is 24.8 Å². The lowest BCUT2D eigenvalue weighted by Gasteiger charge is -2.14. The molecule has 7 heteroatoms. The predicted molar refractivity (Wildman–Crippen MR) is 57.6 cm³/mol. The average Bonchev–Trinajstić information content (AvgIpc) is 2.33. The minimum absolute atomic E-state index is 0.152. The van der Waals surface area contributed by atoms with E-state index in [0.29, 0.717) is 5.69 Å². The number of carbonyl (C=O) groups excluding carboxylic acids is 1. The molecule has 0 unspecified atom stereocenters. The molecule has 0 aliphatic carbocycles. The van der Waals surface area contributed by atoms with Crippen LogP contribution >= 0.6 is 0 Å². The first-order valence-electron chi connectivity index (χ1n) is 5.24. The number of halogens is 3. The van der Waals surface area contributed by atoms with Gasteiger partial charge < -0.3 is 10.1 Å². The molecule has 0 radical (unpaired) electrons. The lowest BCUT2D eigenvalue weighted by Crippen LogP contribution is -2.36. The third kappa shape index (κ3) is 5.62. The molecular formula is C11H13F3N2O2. The molecule has 1 aromatic heterocycles. The molecule has 4 nitrogen and oxygen atoms in total. The van der Waals surface area contributed by atoms with Crippen LogP contribution < -0.4 is 5.32 Å². The standard InChI is InChI=1S/C11H13F3N2O2/c1-8(18-7-11(12,13)14)10(17)16-6-9-4-2-3-5-15-9/h2-5,8H,6-7H2,1H3,(H,16,17)/t8-/m0/s1. The Kier molecular flexibility index (Phi) is 5.08. The van der Waals surface area contributed by atoms with Crippen LogP contribution in [0.1, 0.15) is 12.6 Å². The van der Waals surface area contributed by atoms with Gasteiger partial charge in [-0.25, -0.2) is 0 Å². The first-order valence-corrected chi connectivity index (χ1v) is 5.24. The summed E-state index contributed by atoms with van der Waals surface area (Å²) in [5, 5.41) is 2.44. The summed E-state index contributed by atoms with van der Waals surface area (Å²) in [7, 11) is 0. The molecule has 1 N–H and O–H groups in total. The minimum Gasteiger partial charge on any atom is -0.359 e. The smallest absolute Gasteiger partial charge is 0.359 e. The zero-order valence-corrected chi connectivity index (χ0v) is 9.70. The Balaban J connectivity index is 2.32. The van der Waals surface area contributed by atoms with Crippen LogP contribution in [0.3, 0.4) is 0 Å². The summed E-state index contributed by atoms with van der Waals surface area (Å²) in [6, 6.07) is 5.17. The van der Waals surface area contributed by atoms with Gasteiger partial charge in [-0.15, -0.1) is 0 Å². The van der Waals surface area contributed by atoms with Crippen molar-refractivity contribution in [2.24, 2.45) is 0 Å². The van der Waals surface area contributed by atoms with Gasteiger partial charge in [0, 0.05) is 6.20 Å². The van der Waals surface area contributed by atoms with Crippen LogP contribution in [0.2, 0.25) is 0 Å². The van der Waals surface area contributed by atoms with Gasteiger partial charge >= 0.3 is 6.18 Å². The topological polar surface area (TPSA) is 51.2 Å². The summed E-state index contributed by atoms with van der Waals surface area (Å²) in [5.41, 5.74) is 0.619. The Bertz CT molecular complexity index is 382. The van der Waals surface area contributed by atoms with Crippen molar-refractivity contribution in [2.75, 3.05) is 6.61 Å². The van der Waals surface area contributed by atoms with Crippen LogP contribution in [0.4, 0.5) is 13.2 Å². The lowest BCUT2D eigenvalue weighted by atomic mass is 10.3. The van der Waals surface area contributed by atoms with E-state index in [1.54, 1.807) is 24.4 Å². The second kappa shape index (κ2) is 6.34. The molecule has 0 aliphatic heterocycles. The van der Waals surface area contributed by atoms with Crippen molar-refractivity contribution in [1.29, 1.82) is 0 Å². The number of hydrogen-bond donors (Lipinski definition) is 1. The van der Waals surface area contributed by atoms with Gasteiger partial charge in [-0.3, -0.25) is 9.78 Å². The normalized spacial score (nSPS) is 13.1. The molecule has 0 aliphatic rings. The number of carbonyl (C=O) groups is 1. The molecule has 1 amide bonds. The van der Waals surface area contributed by atoms with Crippen molar-refractivity contribution in [1.82, 2.24) is 10.3 Å². The van der Waals surface area contributed by atoms with Crippen LogP contribution in [0.15, 0.2) is 24.4 Å². The van der Waals surface area contributed by atoms with Crippen molar-refractivity contribution >= 4 is 5.91 Å². The fourth-order valence-electron chi connectivity index (χ4n) is 1.12. The fourth-order valence-corrected chi connectivity index (χ4v) is 1.12. The number of hydrogen-bond acceptors (Lipinski definition) is 3. The second-order valence-electron chi connectivity index (χ2n) is 3.61. The minimum atomic E-state index is -4.43. The Morgan fingerprint density at radius 2 is 2.22 bits per heavy atom. The first-order chi connectivity index (χ1) is 8.38. The van der Waals surface area contributed by atoms with Crippen LogP contribution in [0, 0.1) is 0 Å². The van der Waals surface area contributed by atoms with Crippen molar-refractivity contribution in [3.63, 3.8) is 0 Å². The summed E-state index contributed by atoms with van der Waals surface area (Å²) in [4.78, 5) is 15.4. The van der Waals surface area contributed by atoms with Crippen molar-refractivity contribution in [2.45, 2.75) is 25.7 Å². The van der Waals surface area contributed by atoms with Gasteiger partial charge in [0.1, 0.15) is 12.7 Å². The predicted octanol–water partition coefficient (Wildman–Crippen LogP) is 1.67. The third-order valence-corrected chi connectivity index (χ3v) is 2.04. The summed E-state index contributed by atoms with van der Waals surface area (Å²) in [6.45, 7) is -0.0237. The number of nitrogens with zero attached hydrogens (tertiary/aromatic N) is 1. The molecule has 0 fully saturated rings. The number of rotatable bonds is 5. The quantitative estimate of drug-likeness (QED) is 0.878. The maximum absolute atomic E-state index is 11.9. The number of ether oxygens (including phenoxy) is 1. The van der Waals surface area contributed by atoms with Gasteiger partial charge in [-0.05, 0) is 19.1 Å². The van der Waals surface area contributed by atoms with Gasteiger partial charge in [0.2, 0.25) is 5.91 Å². The SMILES string of the molecule is C[C@H](OCC(F)(F)F)C(=O)NCc1ccccn1. The largest absolute Gasteiger partial charge is 0.411 e. The lowest BCUT2D eigenvalue weighted by molar-refractivity contribution is -0.185. The molecule has 1 heterocycles. The molecule has 0 bridgehead atoms. The Morgan fingerprint density at radius 1 is 1.50 bits per heavy atom. The molecule has 100 valence electrons. The van der Waals surface area contributed by atoms with Crippen LogP contribution in [-0.4, -0.2) is 29.8 Å². The molecular weight excluding hydrogens is 249 g/mol. The van der Waals surface area contributed by atoms with Crippen LogP contribution in [0.5, 0.6) is 0 Å². The van der Waals surface area contributed by atoms with Gasteiger partial charge in [-0.2, -0.15) is 13.2 Å². The number of pyridine rings is 1. The Hall–Kier alpha value is -1.63. The van der Waals surface area contributed by atoms with Gasteiger partial charge in [0.25, 0.3) is 0 Å². The molecule has 1 rings (SSSR count). The van der Waals surface area contributed by atoms with Gasteiger partial charge in [0.05, 0.1) is 12.2 Å². The highest BCUT2D eigenvalue weighted by atomic mass is 19.4. The van der Waals surface area contributed by atoms with Crippen LogP contribution in [0.25, 0.3) is 0 Å². The zero-order chi connectivity index (χ0) is 13.6. The Labute approximate surface area is 102 Å². The molecule has 0 spiro atoms. The molecule has 0 saturated carbocycles. The van der Waals surface area contributed by atoms with Crippen molar-refractivity contribution in [3.05, 3.63) is 30.1 Å². The third-order valence-electron chi connectivity index (χ3n) is 2.04. The second-order valence-corrected chi connectivity index (χ2v) is 3.61. The van der Waals surface area contributed by atoms with E-state index in [4.69, 9.17) is 0 Å². The molecule has 1 aromatic rings. The van der Waals surface area contributed by atoms with E-state index in [-0.39, 0.29) is 6.54 Å². The van der Waals surface area contributed by atoms with E-state index >= 15 is 0 Å². The summed E-state index contributed by atoms with van der Waals surface area (Å²) >= 11 is 0. The Morgan fingerprint density at radius 3 is 2.78 bits per heavy atom. The molecule has 1 atom stereocenters. The molecule has 18 heavy (non-hydrogen) atoms. The van der Waals surface area contributed by atoms with Gasteiger partial charge in [-0.1, -0.05) is 6.07 Å². The van der Waals surface area contributed by atoms with Crippen molar-refractivity contribution in [3.8, 4) is 0 Å². The first kappa shape index (κ1) is 14.4. The summed E-state index contributed by atoms with van der Waals surface area (Å²) < 4.78 is 40.0. The molecule has 0 saturated heterocycles. The number of amides is 1. The van der Waals surface area contributed by atoms with Crippen molar-refractivity contribution < 1.29 is 22.7 Å². The summed E-state index contributed by atoms with van der Waals surface area (Å²) in [5.74, 6) is -0.607. The number of nitrogens with one attached hydrogen (secondary N) is 1. The zero-order valence-electron chi connectivity index (χ0n) is 9.70. The summed E-state index contributed by atoms with van der Waals surface area (Å²) in [6.07, 6.45) is -4.03. The highest BCUT2D eigenvalue weighted by molar-refractivity contribution is 5.80. The van der Waals surface area contributed by atoms with Gasteiger partial charge in [0.15, 0.2) is 0 Å². The maximum Gasteiger partial charge on any atom is 0.411 e. The molecule has 0 aromatic carbocycles. The fraction of sp³-hybridized carbons (Fsp3) is 0.455. The van der Waals surface area contributed by atoms with Crippen LogP contribution in [-0.2, 0) is 16.1 Å². The highest BCUT2D eigenvalue weighted by Crippen LogP contribution is 2.15. The number of alkyl halides is 3. The highest BCUT2D eigenvalue weighted by Gasteiger charge is 2.29. The monoisotopic (exact) mass is 262 g/mol. The number of aromatic nitrogens is 1. The average molecular weight is 262 g/mol. The van der Waals surface area contributed by atoms with E-state index in [9.17, 15) is 18.0 Å². The maximum atomic E-state index is 11.9.